The Kier molecular flexibility index (Phi) is 3.47. The van der Waals surface area contributed by atoms with Gasteiger partial charge in [0.25, 0.3) is 0 Å². The minimum absolute atomic E-state index is 0.0499. The molecule has 1 aliphatic carbocycles. The van der Waals surface area contributed by atoms with Crippen molar-refractivity contribution in [1.82, 2.24) is 4.90 Å². The van der Waals surface area contributed by atoms with Gasteiger partial charge in [0.1, 0.15) is 0 Å². The van der Waals surface area contributed by atoms with Crippen LogP contribution in [0.25, 0.3) is 0 Å². The van der Waals surface area contributed by atoms with Crippen LogP contribution in [0.4, 0.5) is 0 Å². The molecule has 3 nitrogen and oxygen atoms in total. The third-order valence-electron chi connectivity index (χ3n) is 7.17. The Bertz CT molecular complexity index is 377. The quantitative estimate of drug-likeness (QED) is 0.860. The topological polar surface area (TPSA) is 38.5 Å². The van der Waals surface area contributed by atoms with Gasteiger partial charge < -0.3 is 15.4 Å². The third-order valence-corrected chi connectivity index (χ3v) is 7.17. The van der Waals surface area contributed by atoms with Gasteiger partial charge in [-0.2, -0.15) is 0 Å². The molecule has 2 aliphatic heterocycles. The summed E-state index contributed by atoms with van der Waals surface area (Å²) >= 11 is 0. The molecule has 0 radical (unpaired) electrons. The first-order valence-electron chi connectivity index (χ1n) is 8.51. The molecular formula is C17H32N2O. The molecule has 2 saturated heterocycles. The van der Waals surface area contributed by atoms with Crippen LogP contribution in [0.15, 0.2) is 0 Å². The Morgan fingerprint density at radius 1 is 1.25 bits per heavy atom. The largest absolute Gasteiger partial charge is 0.377 e. The molecule has 0 aromatic heterocycles. The van der Waals surface area contributed by atoms with E-state index in [4.69, 9.17) is 10.5 Å². The fourth-order valence-electron chi connectivity index (χ4n) is 5.16. The Labute approximate surface area is 124 Å². The van der Waals surface area contributed by atoms with E-state index < -0.39 is 0 Å². The summed E-state index contributed by atoms with van der Waals surface area (Å²) in [5.74, 6) is 0.579. The molecule has 3 atom stereocenters. The molecule has 2 N–H and O–H groups in total. The minimum atomic E-state index is -0.0499. The van der Waals surface area contributed by atoms with Crippen molar-refractivity contribution in [3.8, 4) is 0 Å². The first-order chi connectivity index (χ1) is 9.38. The zero-order valence-electron chi connectivity index (χ0n) is 13.7. The van der Waals surface area contributed by atoms with Crippen LogP contribution in [0.3, 0.4) is 0 Å². The van der Waals surface area contributed by atoms with E-state index in [1.54, 1.807) is 0 Å². The molecule has 3 unspecified atom stereocenters. The molecule has 0 bridgehead atoms. The summed E-state index contributed by atoms with van der Waals surface area (Å²) in [4.78, 5) is 2.64. The highest BCUT2D eigenvalue weighted by molar-refractivity contribution is 5.22. The van der Waals surface area contributed by atoms with Gasteiger partial charge in [-0.1, -0.05) is 27.7 Å². The Balaban J connectivity index is 1.69. The van der Waals surface area contributed by atoms with Crippen molar-refractivity contribution in [3.63, 3.8) is 0 Å². The predicted molar refractivity (Wildman–Crippen MR) is 82.6 cm³/mol. The number of nitrogens with two attached hydrogens (primary N) is 1. The summed E-state index contributed by atoms with van der Waals surface area (Å²) in [6.07, 6.45) is 5.51. The van der Waals surface area contributed by atoms with E-state index in [1.807, 2.05) is 0 Å². The third kappa shape index (κ3) is 1.82. The van der Waals surface area contributed by atoms with E-state index in [1.165, 1.54) is 32.4 Å². The Hall–Kier alpha value is -0.120. The second-order valence-corrected chi connectivity index (χ2v) is 8.12. The van der Waals surface area contributed by atoms with E-state index in [0.717, 1.165) is 19.6 Å². The molecule has 116 valence electrons. The van der Waals surface area contributed by atoms with Crippen molar-refractivity contribution >= 4 is 0 Å². The van der Waals surface area contributed by atoms with Crippen molar-refractivity contribution in [1.29, 1.82) is 0 Å². The summed E-state index contributed by atoms with van der Waals surface area (Å²) < 4.78 is 5.91. The van der Waals surface area contributed by atoms with E-state index in [-0.39, 0.29) is 11.0 Å². The molecule has 1 saturated carbocycles. The van der Waals surface area contributed by atoms with Gasteiger partial charge in [-0.3, -0.25) is 0 Å². The summed E-state index contributed by atoms with van der Waals surface area (Å²) in [6.45, 7) is 13.8. The van der Waals surface area contributed by atoms with Crippen LogP contribution >= 0.6 is 0 Å². The summed E-state index contributed by atoms with van der Waals surface area (Å²) in [5.41, 5.74) is 7.52. The molecule has 2 heterocycles. The number of nitrogens with zero attached hydrogens (tertiary/aromatic N) is 1. The molecule has 20 heavy (non-hydrogen) atoms. The molecular weight excluding hydrogens is 248 g/mol. The Morgan fingerprint density at radius 3 is 2.55 bits per heavy atom. The summed E-state index contributed by atoms with van der Waals surface area (Å²) in [6, 6.07) is 0. The average molecular weight is 280 g/mol. The maximum Gasteiger partial charge on any atom is 0.0691 e. The number of hydrogen-bond acceptors (Lipinski definition) is 3. The van der Waals surface area contributed by atoms with Crippen LogP contribution in [0.1, 0.15) is 53.4 Å². The van der Waals surface area contributed by atoms with Gasteiger partial charge in [0.15, 0.2) is 0 Å². The van der Waals surface area contributed by atoms with Gasteiger partial charge in [0, 0.05) is 36.6 Å². The van der Waals surface area contributed by atoms with Crippen LogP contribution in [0.2, 0.25) is 0 Å². The van der Waals surface area contributed by atoms with Gasteiger partial charge >= 0.3 is 0 Å². The van der Waals surface area contributed by atoms with Crippen LogP contribution < -0.4 is 5.73 Å². The number of likely N-dealkylation sites (tertiary alicyclic amines) is 1. The van der Waals surface area contributed by atoms with E-state index in [9.17, 15) is 0 Å². The first kappa shape index (κ1) is 14.8. The fourth-order valence-corrected chi connectivity index (χ4v) is 5.16. The monoisotopic (exact) mass is 280 g/mol. The zero-order valence-corrected chi connectivity index (χ0v) is 13.7. The predicted octanol–water partition coefficient (Wildman–Crippen LogP) is 2.64. The van der Waals surface area contributed by atoms with E-state index in [2.05, 4.69) is 32.6 Å². The highest BCUT2D eigenvalue weighted by atomic mass is 16.5. The van der Waals surface area contributed by atoms with Crippen molar-refractivity contribution in [2.45, 2.75) is 65.0 Å². The Morgan fingerprint density at radius 2 is 1.95 bits per heavy atom. The lowest BCUT2D eigenvalue weighted by molar-refractivity contribution is -0.162. The molecule has 0 aromatic rings. The highest BCUT2D eigenvalue weighted by Crippen LogP contribution is 2.58. The van der Waals surface area contributed by atoms with Crippen LogP contribution in [-0.2, 0) is 4.74 Å². The van der Waals surface area contributed by atoms with E-state index >= 15 is 0 Å². The smallest absolute Gasteiger partial charge is 0.0691 e. The molecule has 0 spiro atoms. The SMILES string of the molecule is CCC1(CC)CCN(CC2(N)C3CCOC3C2(C)C)C1. The van der Waals surface area contributed by atoms with Crippen LogP contribution in [-0.4, -0.2) is 42.8 Å². The van der Waals surface area contributed by atoms with Gasteiger partial charge in [0.2, 0.25) is 0 Å². The standard InChI is InChI=1S/C17H32N2O/c1-5-16(6-2)8-9-19(11-16)12-17(18)13-7-10-20-14(13)15(17,3)4/h13-14H,5-12,18H2,1-4H3. The van der Waals surface area contributed by atoms with Crippen LogP contribution in [0, 0.1) is 16.7 Å². The van der Waals surface area contributed by atoms with Crippen molar-refractivity contribution in [2.75, 3.05) is 26.2 Å². The average Bonchev–Trinajstić information content (AvgIpc) is 3.05. The van der Waals surface area contributed by atoms with Crippen LogP contribution in [0.5, 0.6) is 0 Å². The second kappa shape index (κ2) is 4.69. The molecule has 3 heteroatoms. The lowest BCUT2D eigenvalue weighted by Crippen LogP contribution is -2.78. The maximum atomic E-state index is 6.90. The lowest BCUT2D eigenvalue weighted by atomic mass is 9.48. The molecule has 3 aliphatic rings. The molecule has 3 rings (SSSR count). The molecule has 0 amide bonds. The molecule has 0 aromatic carbocycles. The van der Waals surface area contributed by atoms with Crippen molar-refractivity contribution < 1.29 is 4.74 Å². The normalized spacial score (nSPS) is 42.5. The van der Waals surface area contributed by atoms with Gasteiger partial charge in [-0.25, -0.2) is 0 Å². The minimum Gasteiger partial charge on any atom is -0.377 e. The second-order valence-electron chi connectivity index (χ2n) is 8.12. The number of fused-ring (bicyclic) bond motifs is 1. The van der Waals surface area contributed by atoms with Crippen molar-refractivity contribution in [2.24, 2.45) is 22.5 Å². The lowest BCUT2D eigenvalue weighted by Gasteiger charge is -2.63. The summed E-state index contributed by atoms with van der Waals surface area (Å²) in [7, 11) is 0. The molecule has 3 fully saturated rings. The van der Waals surface area contributed by atoms with E-state index in [0.29, 0.717) is 17.4 Å². The first-order valence-corrected chi connectivity index (χ1v) is 8.51. The van der Waals surface area contributed by atoms with Gasteiger partial charge in [-0.15, -0.1) is 0 Å². The van der Waals surface area contributed by atoms with Crippen molar-refractivity contribution in [3.05, 3.63) is 0 Å². The van der Waals surface area contributed by atoms with Gasteiger partial charge in [-0.05, 0) is 37.6 Å². The number of hydrogen-bond donors (Lipinski definition) is 1. The summed E-state index contributed by atoms with van der Waals surface area (Å²) in [5, 5.41) is 0. The number of rotatable bonds is 4. The highest BCUT2D eigenvalue weighted by Gasteiger charge is 2.67. The maximum absolute atomic E-state index is 6.90. The van der Waals surface area contributed by atoms with Gasteiger partial charge in [0.05, 0.1) is 6.10 Å². The zero-order chi connectivity index (χ0) is 14.6. The number of ether oxygens (including phenoxy) is 1. The fraction of sp³-hybridized carbons (Fsp3) is 1.00.